The van der Waals surface area contributed by atoms with Gasteiger partial charge in [0.1, 0.15) is 0 Å². The molecule has 3 nitrogen and oxygen atoms in total. The van der Waals surface area contributed by atoms with Crippen LogP contribution in [0.5, 0.6) is 0 Å². The van der Waals surface area contributed by atoms with E-state index in [2.05, 4.69) is 12.2 Å². The number of amides is 1. The van der Waals surface area contributed by atoms with E-state index in [0.717, 1.165) is 37.9 Å². The van der Waals surface area contributed by atoms with Gasteiger partial charge in [0.05, 0.1) is 5.41 Å². The molecule has 1 aromatic carbocycles. The fourth-order valence-electron chi connectivity index (χ4n) is 3.06. The lowest BCUT2D eigenvalue weighted by Crippen LogP contribution is -2.50. The van der Waals surface area contributed by atoms with Crippen molar-refractivity contribution in [1.82, 2.24) is 10.2 Å². The van der Waals surface area contributed by atoms with Crippen molar-refractivity contribution in [1.29, 1.82) is 0 Å². The first kappa shape index (κ1) is 16.6. The minimum atomic E-state index is -0.268. The van der Waals surface area contributed by atoms with Crippen LogP contribution < -0.4 is 5.32 Å². The topological polar surface area (TPSA) is 32.3 Å². The number of hydrogen-bond donors (Lipinski definition) is 1. The van der Waals surface area contributed by atoms with Crippen LogP contribution in [0.25, 0.3) is 0 Å². The lowest BCUT2D eigenvalue weighted by molar-refractivity contribution is -0.142. The van der Waals surface area contributed by atoms with Gasteiger partial charge in [0, 0.05) is 30.2 Å². The van der Waals surface area contributed by atoms with E-state index in [9.17, 15) is 4.79 Å². The average Bonchev–Trinajstić information content (AvgIpc) is 2.46. The summed E-state index contributed by atoms with van der Waals surface area (Å²) in [5.41, 5.74) is 0.688. The summed E-state index contributed by atoms with van der Waals surface area (Å²) >= 11 is 12.0. The Balaban J connectivity index is 2.11. The molecule has 1 atom stereocenters. The summed E-state index contributed by atoms with van der Waals surface area (Å²) < 4.78 is 0. The Morgan fingerprint density at radius 3 is 2.52 bits per heavy atom. The zero-order valence-corrected chi connectivity index (χ0v) is 14.1. The van der Waals surface area contributed by atoms with Crippen molar-refractivity contribution in [3.63, 3.8) is 0 Å². The monoisotopic (exact) mass is 328 g/mol. The van der Waals surface area contributed by atoms with E-state index in [0.29, 0.717) is 16.6 Å². The van der Waals surface area contributed by atoms with E-state index in [1.165, 1.54) is 0 Å². The summed E-state index contributed by atoms with van der Waals surface area (Å²) in [5.74, 6) is 0.202. The number of hydrogen-bond acceptors (Lipinski definition) is 2. The second-order valence-electron chi connectivity index (χ2n) is 5.85. The van der Waals surface area contributed by atoms with Gasteiger partial charge in [-0.15, -0.1) is 0 Å². The van der Waals surface area contributed by atoms with Gasteiger partial charge in [-0.25, -0.2) is 0 Å². The number of nitrogens with one attached hydrogen (secondary N) is 1. The van der Waals surface area contributed by atoms with E-state index < -0.39 is 0 Å². The molecule has 1 N–H and O–H groups in total. The minimum Gasteiger partial charge on any atom is -0.341 e. The molecule has 21 heavy (non-hydrogen) atoms. The van der Waals surface area contributed by atoms with Gasteiger partial charge in [-0.2, -0.15) is 0 Å². The van der Waals surface area contributed by atoms with Crippen molar-refractivity contribution in [3.05, 3.63) is 33.8 Å². The molecule has 2 rings (SSSR count). The highest BCUT2D eigenvalue weighted by Gasteiger charge is 2.39. The smallest absolute Gasteiger partial charge is 0.230 e. The largest absolute Gasteiger partial charge is 0.341 e. The molecule has 0 aromatic heterocycles. The van der Waals surface area contributed by atoms with Gasteiger partial charge in [0.25, 0.3) is 0 Å². The van der Waals surface area contributed by atoms with Crippen molar-refractivity contribution >= 4 is 29.1 Å². The van der Waals surface area contributed by atoms with Gasteiger partial charge in [0.2, 0.25) is 5.91 Å². The number of carbonyl (C=O) groups is 1. The summed E-state index contributed by atoms with van der Waals surface area (Å²) in [4.78, 5) is 14.6. The van der Waals surface area contributed by atoms with Crippen molar-refractivity contribution in [2.75, 3.05) is 20.1 Å². The molecule has 0 spiro atoms. The number of benzene rings is 1. The standard InChI is InChI=1S/C16H22Cl2N2O/c1-3-16(5-4-6-19-11-16)15(21)20(2)10-12-7-13(17)9-14(18)8-12/h7-9,19H,3-6,10-11H2,1-2H3. The predicted octanol–water partition coefficient (Wildman–Crippen LogP) is 3.73. The van der Waals surface area contributed by atoms with Crippen LogP contribution in [0.2, 0.25) is 10.0 Å². The SMILES string of the molecule is CCC1(C(=O)N(C)Cc2cc(Cl)cc(Cl)c2)CCCNC1. The van der Waals surface area contributed by atoms with E-state index in [1.54, 1.807) is 11.0 Å². The van der Waals surface area contributed by atoms with Gasteiger partial charge in [0.15, 0.2) is 0 Å². The molecule has 1 unspecified atom stereocenters. The molecule has 0 saturated carbocycles. The zero-order valence-electron chi connectivity index (χ0n) is 12.6. The van der Waals surface area contributed by atoms with Gasteiger partial charge in [-0.05, 0) is 49.6 Å². The van der Waals surface area contributed by atoms with Gasteiger partial charge < -0.3 is 10.2 Å². The van der Waals surface area contributed by atoms with Crippen molar-refractivity contribution in [3.8, 4) is 0 Å². The molecule has 1 heterocycles. The Kier molecular flexibility index (Phi) is 5.53. The maximum absolute atomic E-state index is 12.8. The quantitative estimate of drug-likeness (QED) is 0.913. The lowest BCUT2D eigenvalue weighted by Gasteiger charge is -2.38. The molecular weight excluding hydrogens is 307 g/mol. The number of piperidine rings is 1. The molecule has 1 aliphatic heterocycles. The molecular formula is C16H22Cl2N2O. The highest BCUT2D eigenvalue weighted by Crippen LogP contribution is 2.32. The van der Waals surface area contributed by atoms with Crippen molar-refractivity contribution in [2.45, 2.75) is 32.7 Å². The van der Waals surface area contributed by atoms with Crippen LogP contribution in [-0.4, -0.2) is 30.9 Å². The molecule has 1 aromatic rings. The van der Waals surface area contributed by atoms with Crippen molar-refractivity contribution in [2.24, 2.45) is 5.41 Å². The van der Waals surface area contributed by atoms with Crippen molar-refractivity contribution < 1.29 is 4.79 Å². The van der Waals surface area contributed by atoms with E-state index in [4.69, 9.17) is 23.2 Å². The van der Waals surface area contributed by atoms with Crippen LogP contribution in [0.4, 0.5) is 0 Å². The number of rotatable bonds is 4. The van der Waals surface area contributed by atoms with Crippen LogP contribution in [0.15, 0.2) is 18.2 Å². The molecule has 1 saturated heterocycles. The minimum absolute atomic E-state index is 0.202. The summed E-state index contributed by atoms with van der Waals surface area (Å²) in [6.45, 7) is 4.39. The van der Waals surface area contributed by atoms with Gasteiger partial charge >= 0.3 is 0 Å². The first-order chi connectivity index (χ1) is 9.97. The fourth-order valence-corrected chi connectivity index (χ4v) is 3.63. The fraction of sp³-hybridized carbons (Fsp3) is 0.562. The summed E-state index contributed by atoms with van der Waals surface area (Å²) in [6.07, 6.45) is 2.87. The highest BCUT2D eigenvalue weighted by molar-refractivity contribution is 6.34. The second kappa shape index (κ2) is 6.99. The van der Waals surface area contributed by atoms with Crippen LogP contribution in [-0.2, 0) is 11.3 Å². The van der Waals surface area contributed by atoms with E-state index in [1.807, 2.05) is 19.2 Å². The molecule has 0 bridgehead atoms. The molecule has 116 valence electrons. The van der Waals surface area contributed by atoms with Crippen LogP contribution in [0.3, 0.4) is 0 Å². The first-order valence-corrected chi connectivity index (χ1v) is 8.14. The Morgan fingerprint density at radius 1 is 1.33 bits per heavy atom. The van der Waals surface area contributed by atoms with E-state index in [-0.39, 0.29) is 11.3 Å². The molecule has 5 heteroatoms. The third-order valence-corrected chi connectivity index (χ3v) is 4.73. The zero-order chi connectivity index (χ0) is 15.5. The maximum atomic E-state index is 12.8. The molecule has 0 radical (unpaired) electrons. The summed E-state index contributed by atoms with van der Waals surface area (Å²) in [7, 11) is 1.85. The Bertz CT molecular complexity index is 493. The third kappa shape index (κ3) is 3.91. The second-order valence-corrected chi connectivity index (χ2v) is 6.73. The Hall–Kier alpha value is -0.770. The van der Waals surface area contributed by atoms with Crippen LogP contribution >= 0.6 is 23.2 Å². The summed E-state index contributed by atoms with van der Waals surface area (Å²) in [5, 5.41) is 4.55. The number of halogens is 2. The normalized spacial score (nSPS) is 22.1. The Morgan fingerprint density at radius 2 is 2.00 bits per heavy atom. The number of nitrogens with zero attached hydrogens (tertiary/aromatic N) is 1. The average molecular weight is 329 g/mol. The molecule has 1 fully saturated rings. The van der Waals surface area contributed by atoms with Crippen LogP contribution in [0, 0.1) is 5.41 Å². The highest BCUT2D eigenvalue weighted by atomic mass is 35.5. The Labute approximate surface area is 136 Å². The number of carbonyl (C=O) groups excluding carboxylic acids is 1. The molecule has 0 aliphatic carbocycles. The van der Waals surface area contributed by atoms with E-state index >= 15 is 0 Å². The molecule has 1 amide bonds. The van der Waals surface area contributed by atoms with Gasteiger partial charge in [-0.1, -0.05) is 30.1 Å². The summed E-state index contributed by atoms with van der Waals surface area (Å²) in [6, 6.07) is 5.41. The van der Waals surface area contributed by atoms with Crippen LogP contribution in [0.1, 0.15) is 31.7 Å². The maximum Gasteiger partial charge on any atom is 0.230 e. The lowest BCUT2D eigenvalue weighted by atomic mass is 9.77. The predicted molar refractivity (Wildman–Crippen MR) is 87.8 cm³/mol. The van der Waals surface area contributed by atoms with Gasteiger partial charge in [-0.3, -0.25) is 4.79 Å². The first-order valence-electron chi connectivity index (χ1n) is 7.38. The molecule has 1 aliphatic rings. The third-order valence-electron chi connectivity index (χ3n) is 4.29.